The van der Waals surface area contributed by atoms with E-state index in [-0.39, 0.29) is 37.0 Å². The standard InChI is InChI=1S/C16H26N2O3.2ClH/c1-11(2)17-8-13(19)9-18-12(3)16-10-20-14-6-4-5-7-15(14)21-16;;/h4-7,11-13,16-19H,8-10H2,1-3H3;2*1H. The van der Waals surface area contributed by atoms with Crippen LogP contribution in [0, 0.1) is 0 Å². The molecule has 0 aliphatic carbocycles. The second-order valence-electron chi connectivity index (χ2n) is 5.83. The first-order valence-electron chi connectivity index (χ1n) is 7.59. The van der Waals surface area contributed by atoms with E-state index < -0.39 is 6.10 Å². The Balaban J connectivity index is 0.00000242. The molecule has 23 heavy (non-hydrogen) atoms. The molecule has 0 bridgehead atoms. The van der Waals surface area contributed by atoms with Crippen LogP contribution in [0.5, 0.6) is 11.5 Å². The Morgan fingerprint density at radius 1 is 1.09 bits per heavy atom. The number of fused-ring (bicyclic) bond motifs is 1. The summed E-state index contributed by atoms with van der Waals surface area (Å²) in [6.45, 7) is 7.81. The zero-order valence-electron chi connectivity index (χ0n) is 13.8. The summed E-state index contributed by atoms with van der Waals surface area (Å²) in [5.74, 6) is 1.58. The van der Waals surface area contributed by atoms with Crippen LogP contribution in [0.25, 0.3) is 0 Å². The fourth-order valence-corrected chi connectivity index (χ4v) is 2.18. The van der Waals surface area contributed by atoms with Crippen LogP contribution in [0.3, 0.4) is 0 Å². The topological polar surface area (TPSA) is 62.8 Å². The van der Waals surface area contributed by atoms with Crippen LogP contribution in [-0.4, -0.2) is 49.1 Å². The van der Waals surface area contributed by atoms with Gasteiger partial charge in [0.1, 0.15) is 12.7 Å². The largest absolute Gasteiger partial charge is 0.486 e. The van der Waals surface area contributed by atoms with E-state index in [9.17, 15) is 5.11 Å². The number of aliphatic hydroxyl groups is 1. The van der Waals surface area contributed by atoms with Gasteiger partial charge in [0.05, 0.1) is 6.10 Å². The SMILES string of the molecule is CC(C)NCC(O)CNC(C)C1COc2ccccc2O1.Cl.Cl. The fraction of sp³-hybridized carbons (Fsp3) is 0.625. The van der Waals surface area contributed by atoms with Crippen molar-refractivity contribution >= 4 is 24.8 Å². The lowest BCUT2D eigenvalue weighted by molar-refractivity contribution is 0.0612. The van der Waals surface area contributed by atoms with Gasteiger partial charge in [-0.2, -0.15) is 0 Å². The van der Waals surface area contributed by atoms with E-state index >= 15 is 0 Å². The maximum atomic E-state index is 9.91. The Morgan fingerprint density at radius 3 is 2.35 bits per heavy atom. The minimum absolute atomic E-state index is 0. The summed E-state index contributed by atoms with van der Waals surface area (Å²) in [4.78, 5) is 0. The van der Waals surface area contributed by atoms with Crippen LogP contribution >= 0.6 is 24.8 Å². The molecule has 1 heterocycles. The summed E-state index contributed by atoms with van der Waals surface area (Å²) >= 11 is 0. The highest BCUT2D eigenvalue weighted by atomic mass is 35.5. The maximum Gasteiger partial charge on any atom is 0.161 e. The van der Waals surface area contributed by atoms with Gasteiger partial charge in [-0.05, 0) is 19.1 Å². The van der Waals surface area contributed by atoms with Crippen LogP contribution in [0.2, 0.25) is 0 Å². The number of halogens is 2. The monoisotopic (exact) mass is 366 g/mol. The Bertz CT molecular complexity index is 449. The molecule has 0 amide bonds. The summed E-state index contributed by atoms with van der Waals surface area (Å²) in [6, 6.07) is 8.17. The lowest BCUT2D eigenvalue weighted by Crippen LogP contribution is -2.49. The molecule has 0 fully saturated rings. The van der Waals surface area contributed by atoms with Crippen molar-refractivity contribution in [2.24, 2.45) is 0 Å². The molecule has 7 heteroatoms. The minimum Gasteiger partial charge on any atom is -0.486 e. The summed E-state index contributed by atoms with van der Waals surface area (Å²) in [6.07, 6.45) is -0.461. The summed E-state index contributed by atoms with van der Waals surface area (Å²) in [7, 11) is 0. The van der Waals surface area contributed by atoms with Crippen molar-refractivity contribution in [3.05, 3.63) is 24.3 Å². The van der Waals surface area contributed by atoms with E-state index in [1.165, 1.54) is 0 Å². The summed E-state index contributed by atoms with van der Waals surface area (Å²) in [5.41, 5.74) is 0. The number of aliphatic hydroxyl groups excluding tert-OH is 1. The Labute approximate surface area is 151 Å². The number of rotatable bonds is 7. The third-order valence-corrected chi connectivity index (χ3v) is 3.53. The molecule has 0 aromatic heterocycles. The fourth-order valence-electron chi connectivity index (χ4n) is 2.18. The molecule has 5 nitrogen and oxygen atoms in total. The molecule has 3 atom stereocenters. The Morgan fingerprint density at radius 2 is 1.70 bits per heavy atom. The molecule has 134 valence electrons. The molecule has 1 aromatic rings. The highest BCUT2D eigenvalue weighted by Gasteiger charge is 2.26. The smallest absolute Gasteiger partial charge is 0.161 e. The van der Waals surface area contributed by atoms with Crippen LogP contribution < -0.4 is 20.1 Å². The molecule has 1 aliphatic rings. The number of nitrogens with one attached hydrogen (secondary N) is 2. The van der Waals surface area contributed by atoms with E-state index in [2.05, 4.69) is 24.5 Å². The van der Waals surface area contributed by atoms with Gasteiger partial charge in [-0.25, -0.2) is 0 Å². The van der Waals surface area contributed by atoms with E-state index in [0.29, 0.717) is 25.7 Å². The maximum absolute atomic E-state index is 9.91. The Hall–Kier alpha value is -0.720. The van der Waals surface area contributed by atoms with Gasteiger partial charge < -0.3 is 25.2 Å². The van der Waals surface area contributed by atoms with Crippen molar-refractivity contribution in [3.63, 3.8) is 0 Å². The van der Waals surface area contributed by atoms with Crippen molar-refractivity contribution < 1.29 is 14.6 Å². The normalized spacial score (nSPS) is 18.6. The van der Waals surface area contributed by atoms with Crippen molar-refractivity contribution in [1.82, 2.24) is 10.6 Å². The van der Waals surface area contributed by atoms with Gasteiger partial charge in [0, 0.05) is 25.2 Å². The number of benzene rings is 1. The highest BCUT2D eigenvalue weighted by molar-refractivity contribution is 5.85. The van der Waals surface area contributed by atoms with Gasteiger partial charge in [0.25, 0.3) is 0 Å². The summed E-state index contributed by atoms with van der Waals surface area (Å²) in [5, 5.41) is 16.4. The average Bonchev–Trinajstić information content (AvgIpc) is 2.50. The number of ether oxygens (including phenoxy) is 2. The highest BCUT2D eigenvalue weighted by Crippen LogP contribution is 2.31. The van der Waals surface area contributed by atoms with Crippen molar-refractivity contribution in [1.29, 1.82) is 0 Å². The van der Waals surface area contributed by atoms with Crippen molar-refractivity contribution in [3.8, 4) is 11.5 Å². The summed E-state index contributed by atoms with van der Waals surface area (Å²) < 4.78 is 11.6. The Kier molecular flexibility index (Phi) is 10.6. The van der Waals surface area contributed by atoms with Gasteiger partial charge in [0.15, 0.2) is 11.5 Å². The molecule has 2 rings (SSSR count). The quantitative estimate of drug-likeness (QED) is 0.688. The molecule has 0 saturated heterocycles. The first-order valence-corrected chi connectivity index (χ1v) is 7.59. The van der Waals surface area contributed by atoms with Crippen LogP contribution in [-0.2, 0) is 0 Å². The van der Waals surface area contributed by atoms with E-state index in [1.54, 1.807) is 0 Å². The average molecular weight is 367 g/mol. The lowest BCUT2D eigenvalue weighted by Gasteiger charge is -2.31. The second kappa shape index (κ2) is 10.9. The van der Waals surface area contributed by atoms with Gasteiger partial charge in [-0.1, -0.05) is 26.0 Å². The molecule has 1 aromatic carbocycles. The predicted octanol–water partition coefficient (Wildman–Crippen LogP) is 2.01. The number of para-hydroxylation sites is 2. The van der Waals surface area contributed by atoms with Gasteiger partial charge in [-0.15, -0.1) is 24.8 Å². The number of hydrogen-bond acceptors (Lipinski definition) is 5. The van der Waals surface area contributed by atoms with Crippen LogP contribution in [0.4, 0.5) is 0 Å². The molecule has 3 unspecified atom stereocenters. The number of hydrogen-bond donors (Lipinski definition) is 3. The van der Waals surface area contributed by atoms with Gasteiger partial charge >= 0.3 is 0 Å². The van der Waals surface area contributed by atoms with E-state index in [1.807, 2.05) is 31.2 Å². The molecule has 1 aliphatic heterocycles. The molecule has 0 radical (unpaired) electrons. The van der Waals surface area contributed by atoms with Gasteiger partial charge in [-0.3, -0.25) is 0 Å². The first-order chi connectivity index (χ1) is 10.1. The van der Waals surface area contributed by atoms with Gasteiger partial charge in [0.2, 0.25) is 0 Å². The molecule has 0 saturated carbocycles. The van der Waals surface area contributed by atoms with Crippen molar-refractivity contribution in [2.75, 3.05) is 19.7 Å². The molecule has 3 N–H and O–H groups in total. The minimum atomic E-state index is -0.411. The van der Waals surface area contributed by atoms with Crippen LogP contribution in [0.1, 0.15) is 20.8 Å². The lowest BCUT2D eigenvalue weighted by atomic mass is 10.1. The van der Waals surface area contributed by atoms with E-state index in [0.717, 1.165) is 11.5 Å². The zero-order chi connectivity index (χ0) is 15.2. The van der Waals surface area contributed by atoms with E-state index in [4.69, 9.17) is 9.47 Å². The third kappa shape index (κ3) is 7.14. The molecular weight excluding hydrogens is 339 g/mol. The predicted molar refractivity (Wildman–Crippen MR) is 97.5 cm³/mol. The molecular formula is C16H28Cl2N2O3. The van der Waals surface area contributed by atoms with Crippen molar-refractivity contribution in [2.45, 2.75) is 45.1 Å². The third-order valence-electron chi connectivity index (χ3n) is 3.53. The first kappa shape index (κ1) is 22.3. The van der Waals surface area contributed by atoms with Crippen LogP contribution in [0.15, 0.2) is 24.3 Å². The second-order valence-corrected chi connectivity index (χ2v) is 5.83. The molecule has 0 spiro atoms. The zero-order valence-corrected chi connectivity index (χ0v) is 15.5.